The Hall–Kier alpha value is -0.820. The van der Waals surface area contributed by atoms with Crippen LogP contribution < -0.4 is 5.32 Å². The molecule has 0 aliphatic carbocycles. The quantitative estimate of drug-likeness (QED) is 0.847. The summed E-state index contributed by atoms with van der Waals surface area (Å²) in [6, 6.07) is 0.720. The average Bonchev–Trinajstić information content (AvgIpc) is 2.84. The van der Waals surface area contributed by atoms with Gasteiger partial charge < -0.3 is 10.2 Å². The van der Waals surface area contributed by atoms with E-state index in [0.717, 1.165) is 28.9 Å². The molecule has 2 heterocycles. The molecule has 1 N–H and O–H groups in total. The highest BCUT2D eigenvalue weighted by Crippen LogP contribution is 2.28. The van der Waals surface area contributed by atoms with Gasteiger partial charge in [-0.05, 0) is 40.0 Å². The maximum atomic E-state index is 12.4. The van der Waals surface area contributed by atoms with Gasteiger partial charge in [0, 0.05) is 18.6 Å². The molecule has 1 saturated heterocycles. The summed E-state index contributed by atoms with van der Waals surface area (Å²) in [4.78, 5) is 14.4. The second-order valence-electron chi connectivity index (χ2n) is 5.12. The first-order valence-corrected chi connectivity index (χ1v) is 8.93. The zero-order chi connectivity index (χ0) is 14.5. The highest BCUT2D eigenvalue weighted by Gasteiger charge is 2.28. The molecule has 0 spiro atoms. The van der Waals surface area contributed by atoms with Crippen molar-refractivity contribution in [3.05, 3.63) is 0 Å². The van der Waals surface area contributed by atoms with Crippen LogP contribution in [0.4, 0.5) is 5.13 Å². The van der Waals surface area contributed by atoms with Gasteiger partial charge in [-0.3, -0.25) is 4.79 Å². The van der Waals surface area contributed by atoms with E-state index in [9.17, 15) is 4.79 Å². The number of nitrogens with zero attached hydrogens (tertiary/aromatic N) is 3. The normalized spacial score (nSPS) is 22.9. The van der Waals surface area contributed by atoms with Crippen molar-refractivity contribution in [2.45, 2.75) is 56.5 Å². The number of carbonyl (C=O) groups excluding carboxylic acids is 1. The largest absolute Gasteiger partial charge is 0.360 e. The first-order valence-electron chi connectivity index (χ1n) is 7.13. The number of nitrogens with one attached hydrogen (secondary N) is 1. The second-order valence-corrected chi connectivity index (χ2v) is 7.32. The third-order valence-corrected chi connectivity index (χ3v) is 5.53. The molecule has 7 heteroatoms. The zero-order valence-electron chi connectivity index (χ0n) is 12.3. The predicted molar refractivity (Wildman–Crippen MR) is 84.4 cm³/mol. The highest BCUT2D eigenvalue weighted by molar-refractivity contribution is 8.01. The summed E-state index contributed by atoms with van der Waals surface area (Å²) in [5.41, 5.74) is 0. The Kier molecular flexibility index (Phi) is 5.65. The van der Waals surface area contributed by atoms with Crippen molar-refractivity contribution in [3.8, 4) is 0 Å². The summed E-state index contributed by atoms with van der Waals surface area (Å²) < 4.78 is 0.853. The summed E-state index contributed by atoms with van der Waals surface area (Å²) >= 11 is 2.99. The van der Waals surface area contributed by atoms with Crippen LogP contribution in [0.15, 0.2) is 4.34 Å². The van der Waals surface area contributed by atoms with Crippen molar-refractivity contribution in [1.82, 2.24) is 15.1 Å². The van der Waals surface area contributed by atoms with E-state index in [1.807, 2.05) is 11.8 Å². The molecule has 0 saturated carbocycles. The molecule has 0 radical (unpaired) electrons. The number of rotatable bonds is 5. The third-order valence-electron chi connectivity index (χ3n) is 3.54. The number of likely N-dealkylation sites (tertiary alicyclic amines) is 1. The van der Waals surface area contributed by atoms with Crippen LogP contribution >= 0.6 is 23.1 Å². The van der Waals surface area contributed by atoms with Crippen LogP contribution in [-0.2, 0) is 4.79 Å². The molecule has 0 unspecified atom stereocenters. The zero-order valence-corrected chi connectivity index (χ0v) is 13.9. The molecule has 0 bridgehead atoms. The summed E-state index contributed by atoms with van der Waals surface area (Å²) in [7, 11) is 0. The summed E-state index contributed by atoms with van der Waals surface area (Å²) in [5, 5.41) is 12.1. The van der Waals surface area contributed by atoms with E-state index in [0.29, 0.717) is 17.8 Å². The van der Waals surface area contributed by atoms with E-state index in [1.165, 1.54) is 29.5 Å². The van der Waals surface area contributed by atoms with Gasteiger partial charge in [0.05, 0.1) is 5.75 Å². The minimum Gasteiger partial charge on any atom is -0.360 e. The Balaban J connectivity index is 1.87. The number of piperidine rings is 1. The van der Waals surface area contributed by atoms with Crippen molar-refractivity contribution < 1.29 is 4.79 Å². The van der Waals surface area contributed by atoms with Crippen LogP contribution in [0.3, 0.4) is 0 Å². The minimum atomic E-state index is 0.218. The molecule has 1 amide bonds. The van der Waals surface area contributed by atoms with E-state index in [1.54, 1.807) is 0 Å². The van der Waals surface area contributed by atoms with Crippen molar-refractivity contribution in [2.24, 2.45) is 0 Å². The maximum Gasteiger partial charge on any atom is 0.233 e. The number of hydrogen-bond donors (Lipinski definition) is 1. The molecule has 2 rings (SSSR count). The lowest BCUT2D eigenvalue weighted by molar-refractivity contribution is -0.134. The average molecular weight is 314 g/mol. The third kappa shape index (κ3) is 3.85. The van der Waals surface area contributed by atoms with Gasteiger partial charge in [-0.2, -0.15) is 0 Å². The van der Waals surface area contributed by atoms with Crippen LogP contribution in [0, 0.1) is 0 Å². The number of thioether (sulfide) groups is 1. The number of hydrogen-bond acceptors (Lipinski definition) is 6. The standard InChI is InChI=1S/C13H22N4OS2/c1-4-14-12-15-16-13(20-12)19-8-11(18)17-9(2)6-5-7-10(17)3/h9-10H,4-8H2,1-3H3,(H,14,15)/t9-,10-/m1/s1. The molecule has 5 nitrogen and oxygen atoms in total. The first kappa shape index (κ1) is 15.6. The van der Waals surface area contributed by atoms with Gasteiger partial charge >= 0.3 is 0 Å². The molecule has 1 aliphatic heterocycles. The van der Waals surface area contributed by atoms with Crippen molar-refractivity contribution >= 4 is 34.1 Å². The fraction of sp³-hybridized carbons (Fsp3) is 0.769. The smallest absolute Gasteiger partial charge is 0.233 e. The van der Waals surface area contributed by atoms with Crippen molar-refractivity contribution in [1.29, 1.82) is 0 Å². The van der Waals surface area contributed by atoms with Gasteiger partial charge in [0.15, 0.2) is 4.34 Å². The van der Waals surface area contributed by atoms with Gasteiger partial charge in [0.2, 0.25) is 11.0 Å². The number of aromatic nitrogens is 2. The van der Waals surface area contributed by atoms with Crippen LogP contribution in [0.5, 0.6) is 0 Å². The Labute approximate surface area is 128 Å². The van der Waals surface area contributed by atoms with E-state index >= 15 is 0 Å². The fourth-order valence-corrected chi connectivity index (χ4v) is 4.29. The first-order chi connectivity index (χ1) is 9.61. The Morgan fingerprint density at radius 3 is 2.75 bits per heavy atom. The summed E-state index contributed by atoms with van der Waals surface area (Å²) in [6.07, 6.45) is 3.45. The van der Waals surface area contributed by atoms with Gasteiger partial charge in [0.1, 0.15) is 0 Å². The van der Waals surface area contributed by atoms with E-state index in [-0.39, 0.29) is 5.91 Å². The molecule has 1 aromatic heterocycles. The highest BCUT2D eigenvalue weighted by atomic mass is 32.2. The lowest BCUT2D eigenvalue weighted by Gasteiger charge is -2.39. The topological polar surface area (TPSA) is 58.1 Å². The lowest BCUT2D eigenvalue weighted by Crippen LogP contribution is -2.48. The molecule has 1 aromatic rings. The van der Waals surface area contributed by atoms with Crippen LogP contribution in [0.2, 0.25) is 0 Å². The predicted octanol–water partition coefficient (Wildman–Crippen LogP) is 2.85. The monoisotopic (exact) mass is 314 g/mol. The summed E-state index contributed by atoms with van der Waals surface area (Å²) in [5.74, 6) is 0.671. The van der Waals surface area contributed by atoms with Crippen molar-refractivity contribution in [2.75, 3.05) is 17.6 Å². The number of anilines is 1. The molecule has 20 heavy (non-hydrogen) atoms. The van der Waals surface area contributed by atoms with Crippen LogP contribution in [0.25, 0.3) is 0 Å². The number of carbonyl (C=O) groups is 1. The van der Waals surface area contributed by atoms with Crippen molar-refractivity contribution in [3.63, 3.8) is 0 Å². The van der Waals surface area contributed by atoms with Crippen LogP contribution in [-0.4, -0.2) is 45.4 Å². The molecule has 2 atom stereocenters. The fourth-order valence-electron chi connectivity index (χ4n) is 2.60. The Morgan fingerprint density at radius 1 is 1.40 bits per heavy atom. The molecule has 0 aromatic carbocycles. The van der Waals surface area contributed by atoms with E-state index < -0.39 is 0 Å². The van der Waals surface area contributed by atoms with E-state index in [4.69, 9.17) is 0 Å². The van der Waals surface area contributed by atoms with Gasteiger partial charge in [-0.1, -0.05) is 23.1 Å². The SMILES string of the molecule is CCNc1nnc(SCC(=O)N2[C@H](C)CCC[C@H]2C)s1. The molecule has 112 valence electrons. The Morgan fingerprint density at radius 2 is 2.10 bits per heavy atom. The van der Waals surface area contributed by atoms with E-state index in [2.05, 4.69) is 29.4 Å². The van der Waals surface area contributed by atoms with Gasteiger partial charge in [-0.25, -0.2) is 0 Å². The minimum absolute atomic E-state index is 0.218. The lowest BCUT2D eigenvalue weighted by atomic mass is 9.98. The van der Waals surface area contributed by atoms with Gasteiger partial charge in [-0.15, -0.1) is 10.2 Å². The van der Waals surface area contributed by atoms with Crippen LogP contribution in [0.1, 0.15) is 40.0 Å². The second kappa shape index (κ2) is 7.26. The Bertz CT molecular complexity index is 441. The molecule has 1 aliphatic rings. The van der Waals surface area contributed by atoms with Gasteiger partial charge in [0.25, 0.3) is 0 Å². The number of amides is 1. The maximum absolute atomic E-state index is 12.4. The molecular weight excluding hydrogens is 292 g/mol. The summed E-state index contributed by atoms with van der Waals surface area (Å²) in [6.45, 7) is 7.15. The molecular formula is C13H22N4OS2. The molecule has 1 fully saturated rings.